The molecule has 0 aromatic carbocycles. The van der Waals surface area contributed by atoms with Gasteiger partial charge in [-0.25, -0.2) is 9.38 Å². The molecule has 2 amide bonds. The molecular weight excluding hydrogens is 423 g/mol. The van der Waals surface area contributed by atoms with Gasteiger partial charge >= 0.3 is 0 Å². The molecule has 1 saturated heterocycles. The van der Waals surface area contributed by atoms with E-state index in [0.29, 0.717) is 6.42 Å². The Morgan fingerprint density at radius 1 is 1.30 bits per heavy atom. The first kappa shape index (κ1) is 26.1. The van der Waals surface area contributed by atoms with Gasteiger partial charge in [0.15, 0.2) is 0 Å². The second kappa shape index (κ2) is 12.2. The van der Waals surface area contributed by atoms with Crippen LogP contribution in [0.2, 0.25) is 0 Å². The maximum Gasteiger partial charge on any atom is 0.251 e. The summed E-state index contributed by atoms with van der Waals surface area (Å²) < 4.78 is 15.3. The molecule has 2 aliphatic rings. The fourth-order valence-electron chi connectivity index (χ4n) is 3.95. The lowest BCUT2D eigenvalue weighted by molar-refractivity contribution is -0.117. The van der Waals surface area contributed by atoms with Crippen molar-refractivity contribution in [2.24, 2.45) is 4.99 Å². The summed E-state index contributed by atoms with van der Waals surface area (Å²) in [4.78, 5) is 33.2. The highest BCUT2D eigenvalue weighted by atomic mass is 19.1. The van der Waals surface area contributed by atoms with Crippen molar-refractivity contribution in [3.8, 4) is 0 Å². The number of nitrogens with zero attached hydrogens (tertiary/aromatic N) is 3. The van der Waals surface area contributed by atoms with E-state index in [4.69, 9.17) is 0 Å². The largest absolute Gasteiger partial charge is 0.365 e. The average Bonchev–Trinajstić information content (AvgIpc) is 3.13. The second-order valence-corrected chi connectivity index (χ2v) is 8.10. The number of carbonyl (C=O) groups excluding carboxylic acids is 2. The molecular formula is C24H35FN6O2. The average molecular weight is 459 g/mol. The summed E-state index contributed by atoms with van der Waals surface area (Å²) in [6.45, 7) is 18.3. The van der Waals surface area contributed by atoms with Crippen LogP contribution in [0, 0.1) is 0 Å². The van der Waals surface area contributed by atoms with Gasteiger partial charge in [-0.2, -0.15) is 0 Å². The maximum absolute atomic E-state index is 15.3. The Morgan fingerprint density at radius 2 is 1.97 bits per heavy atom. The van der Waals surface area contributed by atoms with Gasteiger partial charge in [-0.3, -0.25) is 9.59 Å². The molecule has 33 heavy (non-hydrogen) atoms. The Kier molecular flexibility index (Phi) is 9.59. The minimum Gasteiger partial charge on any atom is -0.365 e. The fourth-order valence-corrected chi connectivity index (χ4v) is 3.95. The van der Waals surface area contributed by atoms with Gasteiger partial charge in [-0.15, -0.1) is 0 Å². The molecule has 8 nitrogen and oxygen atoms in total. The summed E-state index contributed by atoms with van der Waals surface area (Å²) in [6.07, 6.45) is 4.69. The van der Waals surface area contributed by atoms with E-state index in [1.807, 2.05) is 18.7 Å². The van der Waals surface area contributed by atoms with Gasteiger partial charge in [0.1, 0.15) is 11.7 Å². The number of amides is 2. The first-order chi connectivity index (χ1) is 15.7. The lowest BCUT2D eigenvalue weighted by Gasteiger charge is -2.35. The molecule has 3 N–H and O–H groups in total. The smallest absolute Gasteiger partial charge is 0.251 e. The van der Waals surface area contributed by atoms with Crippen LogP contribution in [0.3, 0.4) is 0 Å². The molecule has 0 spiro atoms. The lowest BCUT2D eigenvalue weighted by atomic mass is 9.96. The molecule has 2 heterocycles. The first-order valence-electron chi connectivity index (χ1n) is 11.1. The number of aliphatic imine (C=N–C) groups is 1. The van der Waals surface area contributed by atoms with Crippen molar-refractivity contribution in [3.05, 3.63) is 60.8 Å². The van der Waals surface area contributed by atoms with Crippen molar-refractivity contribution in [2.75, 3.05) is 39.8 Å². The Labute approximate surface area is 195 Å². The van der Waals surface area contributed by atoms with Gasteiger partial charge in [0.05, 0.1) is 6.04 Å². The Balaban J connectivity index is 2.38. The van der Waals surface area contributed by atoms with Crippen LogP contribution < -0.4 is 16.0 Å². The van der Waals surface area contributed by atoms with Crippen LogP contribution >= 0.6 is 0 Å². The zero-order valence-corrected chi connectivity index (χ0v) is 19.8. The molecule has 0 radical (unpaired) electrons. The molecule has 0 aromatic heterocycles. The van der Waals surface area contributed by atoms with Gasteiger partial charge in [-0.1, -0.05) is 25.8 Å². The molecule has 1 unspecified atom stereocenters. The number of hydrogen-bond donors (Lipinski definition) is 3. The fraction of sp³-hybridized carbons (Fsp3) is 0.458. The van der Waals surface area contributed by atoms with Crippen molar-refractivity contribution < 1.29 is 14.0 Å². The predicted molar refractivity (Wildman–Crippen MR) is 130 cm³/mol. The zero-order chi connectivity index (χ0) is 24.5. The van der Waals surface area contributed by atoms with Crippen LogP contribution in [0.15, 0.2) is 65.8 Å². The van der Waals surface area contributed by atoms with Crippen LogP contribution in [0.1, 0.15) is 20.3 Å². The molecule has 2 rings (SSSR count). The number of likely N-dealkylation sites (N-methyl/N-ethyl adjacent to an activating group) is 1. The Hall–Kier alpha value is -3.20. The van der Waals surface area contributed by atoms with Gasteiger partial charge in [0.25, 0.3) is 5.91 Å². The highest BCUT2D eigenvalue weighted by Crippen LogP contribution is 2.35. The highest BCUT2D eigenvalue weighted by molar-refractivity contribution is 6.00. The predicted octanol–water partition coefficient (Wildman–Crippen LogP) is 1.63. The summed E-state index contributed by atoms with van der Waals surface area (Å²) in [5, 5.41) is 8.41. The van der Waals surface area contributed by atoms with E-state index in [1.54, 1.807) is 0 Å². The number of hydrogen-bond acceptors (Lipinski definition) is 5. The van der Waals surface area contributed by atoms with Crippen molar-refractivity contribution >= 4 is 17.6 Å². The molecule has 0 aliphatic carbocycles. The second-order valence-electron chi connectivity index (χ2n) is 8.10. The summed E-state index contributed by atoms with van der Waals surface area (Å²) in [7, 11) is 1.48. The van der Waals surface area contributed by atoms with Gasteiger partial charge in [0, 0.05) is 81.4 Å². The maximum atomic E-state index is 15.3. The van der Waals surface area contributed by atoms with E-state index in [9.17, 15) is 9.59 Å². The van der Waals surface area contributed by atoms with E-state index in [1.165, 1.54) is 25.5 Å². The van der Waals surface area contributed by atoms with Gasteiger partial charge < -0.3 is 25.8 Å². The summed E-state index contributed by atoms with van der Waals surface area (Å²) in [6, 6.07) is -0.451. The third-order valence-corrected chi connectivity index (χ3v) is 5.66. The topological polar surface area (TPSA) is 89.1 Å². The van der Waals surface area contributed by atoms with Crippen LogP contribution in [0.4, 0.5) is 4.39 Å². The van der Waals surface area contributed by atoms with Crippen molar-refractivity contribution in [3.63, 3.8) is 0 Å². The molecule has 0 saturated carbocycles. The number of piperazine rings is 1. The number of rotatable bonds is 9. The van der Waals surface area contributed by atoms with Crippen LogP contribution in [-0.4, -0.2) is 79.3 Å². The van der Waals surface area contributed by atoms with E-state index < -0.39 is 17.8 Å². The summed E-state index contributed by atoms with van der Waals surface area (Å²) in [5.41, 5.74) is 0.578. The molecule has 9 heteroatoms. The first-order valence-corrected chi connectivity index (χ1v) is 11.1. The summed E-state index contributed by atoms with van der Waals surface area (Å²) >= 11 is 0. The van der Waals surface area contributed by atoms with Crippen molar-refractivity contribution in [1.29, 1.82) is 0 Å². The van der Waals surface area contributed by atoms with Crippen molar-refractivity contribution in [2.45, 2.75) is 32.4 Å². The van der Waals surface area contributed by atoms with E-state index in [0.717, 1.165) is 32.0 Å². The van der Waals surface area contributed by atoms with Crippen molar-refractivity contribution in [1.82, 2.24) is 25.8 Å². The molecule has 1 atom stereocenters. The number of carbonyl (C=O) groups is 2. The Morgan fingerprint density at radius 3 is 2.52 bits per heavy atom. The quantitative estimate of drug-likeness (QED) is 0.278. The molecule has 0 aromatic rings. The van der Waals surface area contributed by atoms with Crippen LogP contribution in [0.5, 0.6) is 0 Å². The number of halogens is 1. The minimum absolute atomic E-state index is 0.00610. The standard InChI is InChI=1S/C24H35FN6O2/c1-7-18(24(33)29-14-17(5)23(32)26-6)22-19(25)15-31(16(3)4)20(22)13-21(28-8-2)30-11-9-27-10-12-30/h7-8,15-16,20,27H,1-2,5,9-14H2,3-4,6H3,(H,26,32)(H,29,33)/b22-18+,28-21?. The van der Waals surface area contributed by atoms with E-state index in [2.05, 4.69) is 45.6 Å². The monoisotopic (exact) mass is 458 g/mol. The molecule has 0 bridgehead atoms. The van der Waals surface area contributed by atoms with Gasteiger partial charge in [0.2, 0.25) is 5.91 Å². The normalized spacial score (nSPS) is 20.3. The third kappa shape index (κ3) is 6.41. The van der Waals surface area contributed by atoms with E-state index >= 15 is 4.39 Å². The molecule has 180 valence electrons. The summed E-state index contributed by atoms with van der Waals surface area (Å²) in [5.74, 6) is -0.587. The Bertz CT molecular complexity index is 883. The van der Waals surface area contributed by atoms with Gasteiger partial charge in [-0.05, 0) is 13.8 Å². The number of amidine groups is 1. The SMILES string of the molecule is C=CN=C(CC1/C(=C(\C=C)C(=O)NCC(=C)C(=O)NC)C(F)=CN1C(C)C)N1CCNCC1. The third-order valence-electron chi connectivity index (χ3n) is 5.66. The molecule has 2 aliphatic heterocycles. The highest BCUT2D eigenvalue weighted by Gasteiger charge is 2.37. The minimum atomic E-state index is -0.520. The zero-order valence-electron chi connectivity index (χ0n) is 19.8. The molecule has 1 fully saturated rings. The van der Waals surface area contributed by atoms with Crippen LogP contribution in [-0.2, 0) is 9.59 Å². The van der Waals surface area contributed by atoms with E-state index in [-0.39, 0.29) is 35.2 Å². The number of nitrogens with one attached hydrogen (secondary N) is 3. The lowest BCUT2D eigenvalue weighted by Crippen LogP contribution is -2.48. The van der Waals surface area contributed by atoms with Crippen LogP contribution in [0.25, 0.3) is 0 Å².